The average molecular weight is 267 g/mol. The first kappa shape index (κ1) is 14.4. The molecule has 0 bridgehead atoms. The van der Waals surface area contributed by atoms with Crippen molar-refractivity contribution in [1.29, 1.82) is 0 Å². The third kappa shape index (κ3) is 2.97. The highest BCUT2D eigenvalue weighted by Gasteiger charge is 2.38. The monoisotopic (exact) mass is 267 g/mol. The van der Waals surface area contributed by atoms with E-state index in [9.17, 15) is 8.78 Å². The zero-order valence-corrected chi connectivity index (χ0v) is 11.9. The molecule has 1 aromatic rings. The van der Waals surface area contributed by atoms with E-state index >= 15 is 0 Å². The van der Waals surface area contributed by atoms with Crippen LogP contribution in [0.4, 0.5) is 8.78 Å². The fraction of sp³-hybridized carbons (Fsp3) is 0.625. The number of rotatable bonds is 2. The molecule has 2 N–H and O–H groups in total. The molecular formula is C16H23F2N. The van der Waals surface area contributed by atoms with E-state index in [1.807, 2.05) is 13.8 Å². The summed E-state index contributed by atoms with van der Waals surface area (Å²) in [7, 11) is 0. The van der Waals surface area contributed by atoms with Crippen LogP contribution in [0.15, 0.2) is 18.2 Å². The summed E-state index contributed by atoms with van der Waals surface area (Å²) < 4.78 is 26.8. The van der Waals surface area contributed by atoms with Gasteiger partial charge in [0, 0.05) is 12.1 Å². The maximum absolute atomic E-state index is 13.4. The molecule has 1 aliphatic carbocycles. The van der Waals surface area contributed by atoms with Gasteiger partial charge in [0.05, 0.1) is 0 Å². The van der Waals surface area contributed by atoms with Gasteiger partial charge >= 0.3 is 0 Å². The van der Waals surface area contributed by atoms with Crippen LogP contribution in [0.2, 0.25) is 0 Å². The Hall–Kier alpha value is -0.960. The highest BCUT2D eigenvalue weighted by atomic mass is 19.1. The average Bonchev–Trinajstić information content (AvgIpc) is 2.26. The molecule has 3 unspecified atom stereocenters. The largest absolute Gasteiger partial charge is 0.327 e. The van der Waals surface area contributed by atoms with Crippen molar-refractivity contribution in [2.24, 2.45) is 17.6 Å². The van der Waals surface area contributed by atoms with Crippen molar-refractivity contribution in [2.75, 3.05) is 0 Å². The van der Waals surface area contributed by atoms with Crippen molar-refractivity contribution < 1.29 is 8.78 Å². The van der Waals surface area contributed by atoms with Crippen LogP contribution < -0.4 is 5.73 Å². The molecule has 3 atom stereocenters. The molecule has 0 radical (unpaired) electrons. The molecule has 3 heteroatoms. The Bertz CT molecular complexity index is 436. The molecule has 0 heterocycles. The fourth-order valence-electron chi connectivity index (χ4n) is 3.46. The van der Waals surface area contributed by atoms with Crippen LogP contribution in [0.3, 0.4) is 0 Å². The standard InChI is InChI=1S/C16H23F2N/c1-10-4-5-14(15(19)6-10)16(2,3)11-7-12(17)9-13(18)8-11/h7-10,14-15H,4-6,19H2,1-3H3. The van der Waals surface area contributed by atoms with Crippen molar-refractivity contribution >= 4 is 0 Å². The molecule has 106 valence electrons. The first-order chi connectivity index (χ1) is 8.80. The number of hydrogen-bond acceptors (Lipinski definition) is 1. The predicted octanol–water partition coefficient (Wildman–Crippen LogP) is 4.01. The molecule has 1 aliphatic rings. The number of hydrogen-bond donors (Lipinski definition) is 1. The van der Waals surface area contributed by atoms with Gasteiger partial charge in [-0.05, 0) is 47.8 Å². The second-order valence-corrected chi connectivity index (χ2v) is 6.57. The highest BCUT2D eigenvalue weighted by molar-refractivity contribution is 5.27. The van der Waals surface area contributed by atoms with E-state index in [2.05, 4.69) is 6.92 Å². The summed E-state index contributed by atoms with van der Waals surface area (Å²) in [6.07, 6.45) is 3.15. The Morgan fingerprint density at radius 2 is 1.68 bits per heavy atom. The Morgan fingerprint density at radius 1 is 1.11 bits per heavy atom. The zero-order chi connectivity index (χ0) is 14.2. The third-order valence-corrected chi connectivity index (χ3v) is 4.70. The van der Waals surface area contributed by atoms with Crippen molar-refractivity contribution in [3.05, 3.63) is 35.4 Å². The quantitative estimate of drug-likeness (QED) is 0.861. The second kappa shape index (κ2) is 5.20. The van der Waals surface area contributed by atoms with Gasteiger partial charge in [0.15, 0.2) is 0 Å². The van der Waals surface area contributed by atoms with Crippen LogP contribution in [-0.4, -0.2) is 6.04 Å². The minimum Gasteiger partial charge on any atom is -0.327 e. The van der Waals surface area contributed by atoms with E-state index < -0.39 is 11.6 Å². The summed E-state index contributed by atoms with van der Waals surface area (Å²) in [6, 6.07) is 3.90. The summed E-state index contributed by atoms with van der Waals surface area (Å²) >= 11 is 0. The van der Waals surface area contributed by atoms with E-state index in [4.69, 9.17) is 5.73 Å². The maximum atomic E-state index is 13.4. The lowest BCUT2D eigenvalue weighted by Gasteiger charge is -2.43. The van der Waals surface area contributed by atoms with E-state index in [1.54, 1.807) is 0 Å². The van der Waals surface area contributed by atoms with E-state index in [0.29, 0.717) is 11.5 Å². The SMILES string of the molecule is CC1CCC(C(C)(C)c2cc(F)cc(F)c2)C(N)C1. The summed E-state index contributed by atoms with van der Waals surface area (Å²) in [5, 5.41) is 0. The Balaban J connectivity index is 2.30. The van der Waals surface area contributed by atoms with E-state index in [1.165, 1.54) is 12.1 Å². The molecule has 0 aliphatic heterocycles. The van der Waals surface area contributed by atoms with Gasteiger partial charge in [0.2, 0.25) is 0 Å². The first-order valence-electron chi connectivity index (χ1n) is 7.03. The topological polar surface area (TPSA) is 26.0 Å². The molecule has 19 heavy (non-hydrogen) atoms. The van der Waals surface area contributed by atoms with E-state index in [0.717, 1.165) is 25.3 Å². The lowest BCUT2D eigenvalue weighted by atomic mass is 9.64. The van der Waals surface area contributed by atoms with Gasteiger partial charge in [-0.3, -0.25) is 0 Å². The number of halogens is 2. The molecule has 1 saturated carbocycles. The van der Waals surface area contributed by atoms with Crippen LogP contribution in [0.1, 0.15) is 45.6 Å². The van der Waals surface area contributed by atoms with Crippen LogP contribution in [-0.2, 0) is 5.41 Å². The molecule has 0 amide bonds. The molecule has 0 spiro atoms. The van der Waals surface area contributed by atoms with Crippen molar-refractivity contribution in [3.63, 3.8) is 0 Å². The Labute approximate surface area is 114 Å². The molecule has 0 saturated heterocycles. The van der Waals surface area contributed by atoms with Gasteiger partial charge in [-0.2, -0.15) is 0 Å². The molecular weight excluding hydrogens is 244 g/mol. The fourth-order valence-corrected chi connectivity index (χ4v) is 3.46. The van der Waals surface area contributed by atoms with Gasteiger partial charge in [-0.25, -0.2) is 8.78 Å². The van der Waals surface area contributed by atoms with Gasteiger partial charge in [-0.1, -0.05) is 27.2 Å². The van der Waals surface area contributed by atoms with Gasteiger partial charge < -0.3 is 5.73 Å². The smallest absolute Gasteiger partial charge is 0.126 e. The van der Waals surface area contributed by atoms with Crippen LogP contribution in [0.25, 0.3) is 0 Å². The van der Waals surface area contributed by atoms with Crippen LogP contribution >= 0.6 is 0 Å². The summed E-state index contributed by atoms with van der Waals surface area (Å²) in [6.45, 7) is 6.30. The summed E-state index contributed by atoms with van der Waals surface area (Å²) in [5.41, 5.74) is 6.69. The number of nitrogens with two attached hydrogens (primary N) is 1. The third-order valence-electron chi connectivity index (χ3n) is 4.70. The predicted molar refractivity (Wildman–Crippen MR) is 73.9 cm³/mol. The van der Waals surface area contributed by atoms with Gasteiger partial charge in [0.1, 0.15) is 11.6 Å². The first-order valence-corrected chi connectivity index (χ1v) is 7.03. The second-order valence-electron chi connectivity index (χ2n) is 6.57. The van der Waals surface area contributed by atoms with Crippen molar-refractivity contribution in [3.8, 4) is 0 Å². The molecule has 1 aromatic carbocycles. The maximum Gasteiger partial charge on any atom is 0.126 e. The Morgan fingerprint density at radius 3 is 2.21 bits per heavy atom. The zero-order valence-electron chi connectivity index (χ0n) is 11.9. The van der Waals surface area contributed by atoms with E-state index in [-0.39, 0.29) is 17.4 Å². The minimum atomic E-state index is -0.513. The van der Waals surface area contributed by atoms with Crippen molar-refractivity contribution in [1.82, 2.24) is 0 Å². The normalized spacial score (nSPS) is 28.4. The summed E-state index contributed by atoms with van der Waals surface area (Å²) in [5.74, 6) is -0.113. The highest BCUT2D eigenvalue weighted by Crippen LogP contribution is 2.41. The lowest BCUT2D eigenvalue weighted by molar-refractivity contribution is 0.170. The van der Waals surface area contributed by atoms with Gasteiger partial charge in [0.25, 0.3) is 0 Å². The molecule has 1 fully saturated rings. The van der Waals surface area contributed by atoms with Crippen molar-refractivity contribution in [2.45, 2.75) is 51.5 Å². The molecule has 1 nitrogen and oxygen atoms in total. The number of benzene rings is 1. The minimum absolute atomic E-state index is 0.102. The van der Waals surface area contributed by atoms with Crippen LogP contribution in [0.5, 0.6) is 0 Å². The molecule has 0 aromatic heterocycles. The summed E-state index contributed by atoms with van der Waals surface area (Å²) in [4.78, 5) is 0. The molecule has 2 rings (SSSR count). The lowest BCUT2D eigenvalue weighted by Crippen LogP contribution is -2.45. The van der Waals surface area contributed by atoms with Gasteiger partial charge in [-0.15, -0.1) is 0 Å². The van der Waals surface area contributed by atoms with Crippen LogP contribution in [0, 0.1) is 23.5 Å². The Kier molecular flexibility index (Phi) is 3.95.